The molecule has 0 bridgehead atoms. The summed E-state index contributed by atoms with van der Waals surface area (Å²) in [7, 11) is 0. The number of unbranched alkanes of at least 4 members (excludes halogenated alkanes) is 6. The molecule has 0 aliphatic heterocycles. The zero-order valence-corrected chi connectivity index (χ0v) is 38.7. The first-order valence-corrected chi connectivity index (χ1v) is 22.1. The minimum Gasteiger partial charge on any atom is -0.656 e. The van der Waals surface area contributed by atoms with Gasteiger partial charge in [-0.1, -0.05) is 185 Å². The van der Waals surface area contributed by atoms with Gasteiger partial charge in [0.05, 0.1) is 5.69 Å². The molecule has 0 spiro atoms. The van der Waals surface area contributed by atoms with E-state index in [2.05, 4.69) is 171 Å². The molecule has 0 amide bonds. The van der Waals surface area contributed by atoms with Gasteiger partial charge in [0.15, 0.2) is 0 Å². The minimum atomic E-state index is -0.0771. The number of para-hydroxylation sites is 1. The molecule has 2 heterocycles. The molecule has 0 radical (unpaired) electrons. The van der Waals surface area contributed by atoms with Crippen LogP contribution in [0.4, 0.5) is 0 Å². The Balaban J connectivity index is 0.00000528. The average Bonchev–Trinajstić information content (AvgIpc) is 3.73. The fourth-order valence-electron chi connectivity index (χ4n) is 9.43. The molecule has 0 fully saturated rings. The third-order valence-corrected chi connectivity index (χ3v) is 12.9. The van der Waals surface area contributed by atoms with Crippen LogP contribution in [0, 0.1) is 12.1 Å². The zero-order chi connectivity index (χ0) is 40.7. The monoisotopic (exact) mass is 958 g/mol. The van der Waals surface area contributed by atoms with Crippen molar-refractivity contribution in [3.63, 3.8) is 0 Å². The second-order valence-corrected chi connectivity index (χ2v) is 19.1. The third-order valence-electron chi connectivity index (χ3n) is 12.9. The van der Waals surface area contributed by atoms with E-state index in [-0.39, 0.29) is 38.6 Å². The van der Waals surface area contributed by atoms with Crippen molar-refractivity contribution in [1.82, 2.24) is 9.97 Å². The second kappa shape index (κ2) is 17.4. The predicted octanol–water partition coefficient (Wildman–Crippen LogP) is 15.7. The van der Waals surface area contributed by atoms with Crippen LogP contribution < -0.4 is 4.98 Å². The minimum absolute atomic E-state index is 0. The van der Waals surface area contributed by atoms with E-state index in [1.54, 1.807) is 0 Å². The molecule has 2 nitrogen and oxygen atoms in total. The fraction of sp³-hybridized carbons (Fsp3) is 0.375. The molecule has 2 aromatic heterocycles. The van der Waals surface area contributed by atoms with E-state index in [9.17, 15) is 0 Å². The topological polar surface area (TPSA) is 27.0 Å². The molecule has 0 unspecified atom stereocenters. The van der Waals surface area contributed by atoms with E-state index in [0.29, 0.717) is 0 Å². The summed E-state index contributed by atoms with van der Waals surface area (Å²) in [4.78, 5) is 11.1. The van der Waals surface area contributed by atoms with Crippen LogP contribution >= 0.6 is 0 Å². The number of rotatable bonds is 13. The number of pyridine rings is 1. The summed E-state index contributed by atoms with van der Waals surface area (Å²) in [5.74, 6) is 0. The van der Waals surface area contributed by atoms with Gasteiger partial charge in [-0.3, -0.25) is 4.98 Å². The Morgan fingerprint density at radius 3 is 1.88 bits per heavy atom. The molecule has 1 aliphatic carbocycles. The van der Waals surface area contributed by atoms with Crippen LogP contribution in [0.3, 0.4) is 0 Å². The summed E-state index contributed by atoms with van der Waals surface area (Å²) in [6.45, 7) is 18.2. The van der Waals surface area contributed by atoms with Crippen molar-refractivity contribution in [3.8, 4) is 44.8 Å². The van der Waals surface area contributed by atoms with Gasteiger partial charge in [-0.2, -0.15) is 35.9 Å². The number of benzene rings is 5. The molecule has 1 aliphatic rings. The molecule has 7 aromatic rings. The summed E-state index contributed by atoms with van der Waals surface area (Å²) in [5, 5.41) is 2.45. The van der Waals surface area contributed by atoms with Crippen molar-refractivity contribution in [3.05, 3.63) is 138 Å². The van der Waals surface area contributed by atoms with Gasteiger partial charge in [0, 0.05) is 11.1 Å². The van der Waals surface area contributed by atoms with Gasteiger partial charge < -0.3 is 4.98 Å². The quantitative estimate of drug-likeness (QED) is 0.0654. The summed E-state index contributed by atoms with van der Waals surface area (Å²) in [6, 6.07) is 46.0. The summed E-state index contributed by atoms with van der Waals surface area (Å²) in [5.41, 5.74) is 16.4. The third kappa shape index (κ3) is 8.43. The van der Waals surface area contributed by atoms with Gasteiger partial charge in [0.1, 0.15) is 0 Å². The van der Waals surface area contributed by atoms with E-state index in [4.69, 9.17) is 9.97 Å². The Hall–Kier alpha value is -4.21. The predicted molar refractivity (Wildman–Crippen MR) is 248 cm³/mol. The van der Waals surface area contributed by atoms with Crippen molar-refractivity contribution in [2.24, 2.45) is 0 Å². The molecule has 0 N–H and O–H groups in total. The van der Waals surface area contributed by atoms with Crippen molar-refractivity contribution < 1.29 is 22.4 Å². The van der Waals surface area contributed by atoms with Crippen LogP contribution in [0.15, 0.2) is 103 Å². The number of hydrogen-bond donors (Lipinski definition) is 0. The number of hydrogen-bond acceptors (Lipinski definition) is 1. The Morgan fingerprint density at radius 2 is 1.24 bits per heavy atom. The van der Waals surface area contributed by atoms with E-state index in [1.165, 1.54) is 95.5 Å². The zero-order valence-electron chi connectivity index (χ0n) is 36.6. The maximum atomic E-state index is 5.75. The van der Waals surface area contributed by atoms with E-state index in [1.807, 2.05) is 0 Å². The number of nitrogens with zero attached hydrogens (tertiary/aromatic N) is 2. The van der Waals surface area contributed by atoms with E-state index >= 15 is 0 Å². The smallest absolute Gasteiger partial charge is 0.656 e. The van der Waals surface area contributed by atoms with Gasteiger partial charge in [-0.05, 0) is 62.3 Å². The van der Waals surface area contributed by atoms with Crippen molar-refractivity contribution in [1.29, 1.82) is 0 Å². The van der Waals surface area contributed by atoms with E-state index in [0.717, 1.165) is 57.5 Å². The van der Waals surface area contributed by atoms with Crippen LogP contribution in [0.2, 0.25) is 0 Å². The second-order valence-electron chi connectivity index (χ2n) is 19.1. The normalized spacial score (nSPS) is 13.4. The first-order valence-electron chi connectivity index (χ1n) is 22.1. The molecule has 8 rings (SSSR count). The molecule has 306 valence electrons. The molecule has 3 heteroatoms. The Bertz CT molecular complexity index is 2450. The van der Waals surface area contributed by atoms with Gasteiger partial charge >= 0.3 is 22.4 Å². The van der Waals surface area contributed by atoms with Crippen LogP contribution in [-0.2, 0) is 38.6 Å². The Morgan fingerprint density at radius 1 is 0.593 bits per heavy atom. The SMILES string of the molecule is CCCCCCC1(CCCCCC)c2ccc(-c3[c-]c(-c4[c-]cc(C(C)(C)C)cc4)cc(-c4ccc(C(C)(C)C)cc4)c3)nc2-c2c1ccc1c2[n-]c2ccccc21.[Au+3]. The standard InChI is InChI=1S/C56H61N2.Au/c1-9-11-13-17-33-56(34-18-14-12-10-2)47-30-29-46-45-19-15-16-20-50(45)58-52(46)51(47)53-48(56)31-32-49(57-53)42-36-40(38-21-25-43(26-22-38)54(3,4)5)35-41(37-42)39-23-27-44(28-24-39)55(6,7)8;/h15-16,19-23,25-32,35-36H,9-14,17-18,33-34H2,1-8H3;/q-3;+3. The first-order chi connectivity index (χ1) is 27.9. The molecule has 0 atom stereocenters. The van der Waals surface area contributed by atoms with Crippen LogP contribution in [0.25, 0.3) is 66.6 Å². The average molecular weight is 959 g/mol. The summed E-state index contributed by atoms with van der Waals surface area (Å²) >= 11 is 0. The Kier molecular flexibility index (Phi) is 12.7. The number of aromatic nitrogens is 2. The summed E-state index contributed by atoms with van der Waals surface area (Å²) in [6.07, 6.45) is 12.3. The number of fused-ring (bicyclic) bond motifs is 7. The maximum Gasteiger partial charge on any atom is 3.00 e. The Labute approximate surface area is 370 Å². The van der Waals surface area contributed by atoms with Crippen molar-refractivity contribution in [2.45, 2.75) is 136 Å². The van der Waals surface area contributed by atoms with Gasteiger partial charge in [0.2, 0.25) is 0 Å². The maximum absolute atomic E-state index is 5.75. The molecular formula is C56H61AuN2. The molecular weight excluding hydrogens is 898 g/mol. The van der Waals surface area contributed by atoms with Crippen LogP contribution in [0.5, 0.6) is 0 Å². The molecule has 59 heavy (non-hydrogen) atoms. The largest absolute Gasteiger partial charge is 3.00 e. The van der Waals surface area contributed by atoms with Gasteiger partial charge in [-0.25, -0.2) is 5.56 Å². The van der Waals surface area contributed by atoms with Gasteiger partial charge in [-0.15, -0.1) is 34.3 Å². The molecule has 5 aromatic carbocycles. The van der Waals surface area contributed by atoms with Gasteiger partial charge in [0.25, 0.3) is 0 Å². The van der Waals surface area contributed by atoms with Crippen LogP contribution in [0.1, 0.15) is 142 Å². The fourth-order valence-corrected chi connectivity index (χ4v) is 9.43. The molecule has 0 saturated heterocycles. The van der Waals surface area contributed by atoms with Crippen molar-refractivity contribution >= 4 is 21.8 Å². The molecule has 0 saturated carbocycles. The first kappa shape index (κ1) is 42.9. The van der Waals surface area contributed by atoms with Crippen molar-refractivity contribution in [2.75, 3.05) is 0 Å². The summed E-state index contributed by atoms with van der Waals surface area (Å²) < 4.78 is 0. The van der Waals surface area contributed by atoms with Crippen LogP contribution in [-0.4, -0.2) is 4.98 Å². The van der Waals surface area contributed by atoms with E-state index < -0.39 is 0 Å².